The van der Waals surface area contributed by atoms with Crippen LogP contribution in [0.15, 0.2) is 105 Å². The summed E-state index contributed by atoms with van der Waals surface area (Å²) in [5.41, 5.74) is 7.05. The highest BCUT2D eigenvalue weighted by Crippen LogP contribution is 2.53. The fourth-order valence-electron chi connectivity index (χ4n) is 4.45. The van der Waals surface area contributed by atoms with Gasteiger partial charge in [0, 0.05) is 16.7 Å². The molecule has 0 saturated carbocycles. The second-order valence-corrected chi connectivity index (χ2v) is 9.58. The molecule has 3 nitrogen and oxygen atoms in total. The zero-order valence-corrected chi connectivity index (χ0v) is 18.6. The Morgan fingerprint density at radius 1 is 0.750 bits per heavy atom. The zero-order chi connectivity index (χ0) is 21.8. The Kier molecular flexibility index (Phi) is 4.39. The molecule has 4 aromatic carbocycles. The van der Waals surface area contributed by atoms with Crippen LogP contribution in [0.5, 0.6) is 0 Å². The molecule has 32 heavy (non-hydrogen) atoms. The summed E-state index contributed by atoms with van der Waals surface area (Å²) in [5, 5.41) is 0.910. The van der Waals surface area contributed by atoms with E-state index in [9.17, 15) is 4.55 Å². The Bertz CT molecular complexity index is 1470. The predicted molar refractivity (Wildman–Crippen MR) is 130 cm³/mol. The molecule has 156 valence electrons. The van der Waals surface area contributed by atoms with Gasteiger partial charge in [0.25, 0.3) is 5.88 Å². The topological polar surface area (TPSA) is 39.4 Å². The van der Waals surface area contributed by atoms with Crippen LogP contribution in [0.3, 0.4) is 0 Å². The summed E-state index contributed by atoms with van der Waals surface area (Å²) in [5.74, 6) is 0.628. The SMILES string of the molecule is Cc1ccc2c(c1)[S+]([O-])c1c(oc3ccc(C)cc13)N2c1ccccc1-c1ccccc1. The number of hydrogen-bond donors (Lipinski definition) is 0. The molecule has 0 N–H and O–H groups in total. The Labute approximate surface area is 190 Å². The number of furan rings is 1. The van der Waals surface area contributed by atoms with Crippen LogP contribution in [-0.2, 0) is 11.2 Å². The average molecular weight is 436 g/mol. The van der Waals surface area contributed by atoms with Crippen molar-refractivity contribution < 1.29 is 8.97 Å². The van der Waals surface area contributed by atoms with Crippen LogP contribution in [0, 0.1) is 13.8 Å². The second kappa shape index (κ2) is 7.30. The summed E-state index contributed by atoms with van der Waals surface area (Å²) in [7, 11) is 0. The third-order valence-electron chi connectivity index (χ3n) is 5.95. The van der Waals surface area contributed by atoms with Crippen LogP contribution in [0.4, 0.5) is 17.3 Å². The van der Waals surface area contributed by atoms with Crippen LogP contribution >= 0.6 is 0 Å². The first-order valence-corrected chi connectivity index (χ1v) is 11.8. The fourth-order valence-corrected chi connectivity index (χ4v) is 5.96. The Balaban J connectivity index is 1.69. The van der Waals surface area contributed by atoms with Crippen LogP contribution < -0.4 is 4.90 Å². The Hall–Kier alpha value is -3.47. The molecule has 4 heteroatoms. The number of nitrogens with zero attached hydrogens (tertiary/aromatic N) is 1. The first-order valence-electron chi connectivity index (χ1n) is 10.6. The minimum Gasteiger partial charge on any atom is -0.606 e. The number of aryl methyl sites for hydroxylation is 2. The van der Waals surface area contributed by atoms with Gasteiger partial charge in [-0.25, -0.2) is 0 Å². The van der Waals surface area contributed by atoms with Gasteiger partial charge in [0.05, 0.1) is 11.1 Å². The van der Waals surface area contributed by atoms with E-state index in [1.165, 1.54) is 0 Å². The summed E-state index contributed by atoms with van der Waals surface area (Å²) in [6.07, 6.45) is 0. The maximum absolute atomic E-state index is 13.8. The van der Waals surface area contributed by atoms with Crippen LogP contribution in [-0.4, -0.2) is 4.55 Å². The van der Waals surface area contributed by atoms with E-state index in [0.29, 0.717) is 5.88 Å². The maximum Gasteiger partial charge on any atom is 0.263 e. The van der Waals surface area contributed by atoms with E-state index < -0.39 is 11.2 Å². The monoisotopic (exact) mass is 435 g/mol. The normalized spacial score (nSPS) is 15.0. The van der Waals surface area contributed by atoms with Crippen molar-refractivity contribution in [2.75, 3.05) is 4.90 Å². The molecule has 0 fully saturated rings. The third kappa shape index (κ3) is 2.88. The molecule has 0 saturated heterocycles. The molecule has 0 spiro atoms. The molecule has 0 radical (unpaired) electrons. The van der Waals surface area contributed by atoms with Crippen molar-refractivity contribution >= 4 is 39.4 Å². The summed E-state index contributed by atoms with van der Waals surface area (Å²) < 4.78 is 20.2. The van der Waals surface area contributed by atoms with Crippen LogP contribution in [0.25, 0.3) is 22.1 Å². The van der Waals surface area contributed by atoms with Crippen molar-refractivity contribution in [1.29, 1.82) is 0 Å². The largest absolute Gasteiger partial charge is 0.606 e. The van der Waals surface area contributed by atoms with Crippen molar-refractivity contribution in [2.24, 2.45) is 0 Å². The minimum absolute atomic E-state index is 0.628. The van der Waals surface area contributed by atoms with Gasteiger partial charge in [-0.1, -0.05) is 66.2 Å². The molecular formula is C28H21NO2S. The van der Waals surface area contributed by atoms with Gasteiger partial charge in [-0.05, 0) is 55.3 Å². The predicted octanol–water partition coefficient (Wildman–Crippen LogP) is 7.67. The summed E-state index contributed by atoms with van der Waals surface area (Å²) in [6, 6.07) is 30.8. The molecule has 1 aliphatic heterocycles. The van der Waals surface area contributed by atoms with Gasteiger partial charge in [-0.15, -0.1) is 0 Å². The van der Waals surface area contributed by atoms with Gasteiger partial charge >= 0.3 is 0 Å². The number of benzene rings is 4. The van der Waals surface area contributed by atoms with E-state index in [2.05, 4.69) is 41.3 Å². The lowest BCUT2D eigenvalue weighted by atomic mass is 10.0. The van der Waals surface area contributed by atoms with Crippen molar-refractivity contribution in [3.63, 3.8) is 0 Å². The lowest BCUT2D eigenvalue weighted by molar-refractivity contribution is 0.580. The molecule has 1 aliphatic rings. The summed E-state index contributed by atoms with van der Waals surface area (Å²) >= 11 is -1.33. The van der Waals surface area contributed by atoms with Crippen molar-refractivity contribution in [3.05, 3.63) is 102 Å². The number of para-hydroxylation sites is 1. The first kappa shape index (κ1) is 19.2. The maximum atomic E-state index is 13.8. The lowest BCUT2D eigenvalue weighted by Gasteiger charge is -2.31. The highest BCUT2D eigenvalue weighted by atomic mass is 32.2. The van der Waals surface area contributed by atoms with Crippen molar-refractivity contribution in [2.45, 2.75) is 23.6 Å². The minimum atomic E-state index is -1.33. The van der Waals surface area contributed by atoms with Crippen molar-refractivity contribution in [3.8, 4) is 11.1 Å². The van der Waals surface area contributed by atoms with Crippen molar-refractivity contribution in [1.82, 2.24) is 0 Å². The first-order chi connectivity index (χ1) is 15.6. The molecule has 1 aromatic heterocycles. The van der Waals surface area contributed by atoms with E-state index in [0.717, 1.165) is 54.4 Å². The molecule has 0 bridgehead atoms. The van der Waals surface area contributed by atoms with Gasteiger partial charge in [-0.2, -0.15) is 0 Å². The van der Waals surface area contributed by atoms with Gasteiger partial charge in [0.15, 0.2) is 4.90 Å². The summed E-state index contributed by atoms with van der Waals surface area (Å²) in [4.78, 5) is 3.68. The number of anilines is 3. The van der Waals surface area contributed by atoms with E-state index >= 15 is 0 Å². The van der Waals surface area contributed by atoms with E-state index in [4.69, 9.17) is 4.42 Å². The number of hydrogen-bond acceptors (Lipinski definition) is 3. The lowest BCUT2D eigenvalue weighted by Crippen LogP contribution is -2.21. The van der Waals surface area contributed by atoms with E-state index in [-0.39, 0.29) is 0 Å². The highest BCUT2D eigenvalue weighted by Gasteiger charge is 2.40. The Morgan fingerprint density at radius 2 is 1.47 bits per heavy atom. The molecule has 2 heterocycles. The summed E-state index contributed by atoms with van der Waals surface area (Å²) in [6.45, 7) is 4.08. The molecule has 0 amide bonds. The standard InChI is InChI=1S/C28H21NO2S/c1-18-13-15-25-22(16-18)27-28(31-25)29(24-14-12-19(2)17-26(24)32(27)30)23-11-7-6-10-21(23)20-8-4-3-5-9-20/h3-17H,1-2H3. The second-order valence-electron chi connectivity index (χ2n) is 8.19. The zero-order valence-electron chi connectivity index (χ0n) is 17.8. The molecule has 1 atom stereocenters. The molecule has 1 unspecified atom stereocenters. The fraction of sp³-hybridized carbons (Fsp3) is 0.0714. The number of rotatable bonds is 2. The van der Waals surface area contributed by atoms with Gasteiger partial charge < -0.3 is 8.97 Å². The molecular weight excluding hydrogens is 414 g/mol. The smallest absolute Gasteiger partial charge is 0.263 e. The average Bonchev–Trinajstić information content (AvgIpc) is 3.19. The Morgan fingerprint density at radius 3 is 2.31 bits per heavy atom. The third-order valence-corrected chi connectivity index (χ3v) is 7.45. The highest BCUT2D eigenvalue weighted by molar-refractivity contribution is 7.92. The van der Waals surface area contributed by atoms with Gasteiger partial charge in [0.2, 0.25) is 4.90 Å². The molecule has 0 aliphatic carbocycles. The molecule has 5 aromatic rings. The van der Waals surface area contributed by atoms with Crippen LogP contribution in [0.1, 0.15) is 11.1 Å². The van der Waals surface area contributed by atoms with E-state index in [1.807, 2.05) is 68.4 Å². The number of fused-ring (bicyclic) bond motifs is 4. The van der Waals surface area contributed by atoms with Gasteiger partial charge in [-0.3, -0.25) is 4.90 Å². The van der Waals surface area contributed by atoms with Crippen LogP contribution in [0.2, 0.25) is 0 Å². The molecule has 6 rings (SSSR count). The quantitative estimate of drug-likeness (QED) is 0.267. The van der Waals surface area contributed by atoms with Gasteiger partial charge in [0.1, 0.15) is 11.3 Å². The van der Waals surface area contributed by atoms with E-state index in [1.54, 1.807) is 0 Å².